The topological polar surface area (TPSA) is 97.8 Å². The third-order valence-corrected chi connectivity index (χ3v) is 6.24. The molecule has 1 amide bonds. The van der Waals surface area contributed by atoms with Gasteiger partial charge in [-0.1, -0.05) is 23.7 Å². The van der Waals surface area contributed by atoms with E-state index < -0.39 is 15.9 Å². The highest BCUT2D eigenvalue weighted by Gasteiger charge is 2.26. The van der Waals surface area contributed by atoms with Crippen LogP contribution < -0.4 is 19.1 Å². The number of amides is 1. The van der Waals surface area contributed by atoms with Gasteiger partial charge < -0.3 is 14.8 Å². The van der Waals surface area contributed by atoms with E-state index >= 15 is 0 Å². The molecule has 8 nitrogen and oxygen atoms in total. The molecule has 1 heterocycles. The number of ether oxygens (including phenoxy) is 2. The number of carbonyl (C=O) groups excluding carboxylic acids is 1. The molecule has 3 rings (SSSR count). The van der Waals surface area contributed by atoms with E-state index in [0.717, 1.165) is 16.1 Å². The van der Waals surface area contributed by atoms with Gasteiger partial charge in [0.2, 0.25) is 10.0 Å². The largest absolute Gasteiger partial charge is 0.493 e. The summed E-state index contributed by atoms with van der Waals surface area (Å²) in [5, 5.41) is 3.35. The summed E-state index contributed by atoms with van der Waals surface area (Å²) in [6, 6.07) is 13.3. The maximum atomic E-state index is 13.2. The molecule has 0 aliphatic heterocycles. The zero-order valence-corrected chi connectivity index (χ0v) is 20.0. The normalized spacial score (nSPS) is 11.0. The Morgan fingerprint density at radius 2 is 1.61 bits per heavy atom. The molecule has 2 aromatic carbocycles. The molecule has 1 aromatic heterocycles. The monoisotopic (exact) mass is 489 g/mol. The van der Waals surface area contributed by atoms with Crippen molar-refractivity contribution in [3.8, 4) is 11.5 Å². The molecule has 0 saturated heterocycles. The van der Waals surface area contributed by atoms with Crippen molar-refractivity contribution < 1.29 is 22.7 Å². The minimum absolute atomic E-state index is 0.00385. The fourth-order valence-corrected chi connectivity index (χ4v) is 4.19. The van der Waals surface area contributed by atoms with Gasteiger partial charge in [0.05, 0.1) is 38.3 Å². The zero-order valence-electron chi connectivity index (χ0n) is 18.4. The molecule has 0 fully saturated rings. The first-order valence-electron chi connectivity index (χ1n) is 9.88. The number of rotatable bonds is 9. The fourth-order valence-electron chi connectivity index (χ4n) is 3.17. The van der Waals surface area contributed by atoms with Gasteiger partial charge in [0.1, 0.15) is 0 Å². The van der Waals surface area contributed by atoms with E-state index in [0.29, 0.717) is 22.1 Å². The Kier molecular flexibility index (Phi) is 7.78. The van der Waals surface area contributed by atoms with E-state index in [9.17, 15) is 13.2 Å². The molecule has 0 radical (unpaired) electrons. The van der Waals surface area contributed by atoms with Crippen LogP contribution >= 0.6 is 11.6 Å². The number of benzene rings is 2. The van der Waals surface area contributed by atoms with Crippen LogP contribution in [-0.2, 0) is 23.1 Å². The van der Waals surface area contributed by atoms with Crippen LogP contribution in [0.5, 0.6) is 11.5 Å². The number of hydrogen-bond acceptors (Lipinski definition) is 6. The van der Waals surface area contributed by atoms with Gasteiger partial charge in [-0.3, -0.25) is 14.1 Å². The Morgan fingerprint density at radius 3 is 2.18 bits per heavy atom. The van der Waals surface area contributed by atoms with Crippen LogP contribution in [0, 0.1) is 0 Å². The van der Waals surface area contributed by atoms with E-state index in [1.165, 1.54) is 26.4 Å². The second-order valence-corrected chi connectivity index (χ2v) is 9.50. The number of carbonyl (C=O) groups is 1. The Balaban J connectivity index is 2.05. The highest BCUT2D eigenvalue weighted by atomic mass is 35.5. The Morgan fingerprint density at radius 1 is 1.00 bits per heavy atom. The first kappa shape index (κ1) is 24.3. The van der Waals surface area contributed by atoms with Crippen molar-refractivity contribution in [2.75, 3.05) is 24.8 Å². The van der Waals surface area contributed by atoms with Crippen LogP contribution in [-0.4, -0.2) is 39.8 Å². The summed E-state index contributed by atoms with van der Waals surface area (Å²) in [5.74, 6) is 0.130. The zero-order chi connectivity index (χ0) is 24.0. The summed E-state index contributed by atoms with van der Waals surface area (Å²) in [4.78, 5) is 17.1. The van der Waals surface area contributed by atoms with Crippen LogP contribution in [0.1, 0.15) is 21.5 Å². The molecule has 174 valence electrons. The molecule has 3 aromatic rings. The van der Waals surface area contributed by atoms with Crippen molar-refractivity contribution in [2.45, 2.75) is 13.1 Å². The molecule has 0 atom stereocenters. The third kappa shape index (κ3) is 6.15. The molecule has 33 heavy (non-hydrogen) atoms. The molecule has 0 bridgehead atoms. The van der Waals surface area contributed by atoms with E-state index in [2.05, 4.69) is 10.3 Å². The van der Waals surface area contributed by atoms with E-state index in [-0.39, 0.29) is 24.3 Å². The number of methoxy groups -OCH3 is 2. The summed E-state index contributed by atoms with van der Waals surface area (Å²) in [6.07, 6.45) is 4.33. The summed E-state index contributed by atoms with van der Waals surface area (Å²) < 4.78 is 37.5. The number of sulfonamides is 1. The number of halogens is 1. The Hall–Kier alpha value is -3.30. The lowest BCUT2D eigenvalue weighted by molar-refractivity contribution is 0.0951. The van der Waals surface area contributed by atoms with Gasteiger partial charge in [-0.05, 0) is 41.5 Å². The number of hydrogen-bond donors (Lipinski definition) is 1. The second-order valence-electron chi connectivity index (χ2n) is 7.16. The molecular formula is C23H24ClN3O5S. The number of aromatic nitrogens is 1. The highest BCUT2D eigenvalue weighted by molar-refractivity contribution is 7.92. The molecule has 0 saturated carbocycles. The Bertz CT molecular complexity index is 1220. The SMILES string of the molecule is COc1cc(C(=O)NCc2ccncc2)c(N(Cc2ccc(Cl)cc2)S(C)(=O)=O)cc1OC. The molecule has 0 aliphatic carbocycles. The predicted molar refractivity (Wildman–Crippen MR) is 127 cm³/mol. The van der Waals surface area contributed by atoms with Gasteiger partial charge in [0.15, 0.2) is 11.5 Å². The van der Waals surface area contributed by atoms with Crippen molar-refractivity contribution in [2.24, 2.45) is 0 Å². The quantitative estimate of drug-likeness (QED) is 0.492. The van der Waals surface area contributed by atoms with Gasteiger partial charge in [-0.2, -0.15) is 0 Å². The predicted octanol–water partition coefficient (Wildman–Crippen LogP) is 3.65. The minimum Gasteiger partial charge on any atom is -0.493 e. The molecule has 1 N–H and O–H groups in total. The molecule has 10 heteroatoms. The smallest absolute Gasteiger partial charge is 0.253 e. The number of nitrogens with one attached hydrogen (secondary N) is 1. The van der Waals surface area contributed by atoms with Crippen molar-refractivity contribution in [3.63, 3.8) is 0 Å². The van der Waals surface area contributed by atoms with Crippen molar-refractivity contribution >= 4 is 33.2 Å². The molecule has 0 aliphatic rings. The van der Waals surface area contributed by atoms with Gasteiger partial charge in [-0.15, -0.1) is 0 Å². The maximum absolute atomic E-state index is 13.2. The average Bonchev–Trinajstić information content (AvgIpc) is 2.81. The van der Waals surface area contributed by atoms with Gasteiger partial charge in [0.25, 0.3) is 5.91 Å². The number of nitrogens with zero attached hydrogens (tertiary/aromatic N) is 2. The van der Waals surface area contributed by atoms with Crippen LogP contribution in [0.2, 0.25) is 5.02 Å². The van der Waals surface area contributed by atoms with Crippen LogP contribution in [0.3, 0.4) is 0 Å². The second kappa shape index (κ2) is 10.5. The minimum atomic E-state index is -3.78. The standard InChI is InChI=1S/C23H24ClN3O5S/c1-31-21-12-19(23(28)26-14-16-8-10-25-11-9-16)20(13-22(21)32-2)27(33(3,29)30)15-17-4-6-18(24)7-5-17/h4-13H,14-15H2,1-3H3,(H,26,28). The number of pyridine rings is 1. The van der Waals surface area contributed by atoms with Crippen LogP contribution in [0.25, 0.3) is 0 Å². The van der Waals surface area contributed by atoms with E-state index in [1.807, 2.05) is 0 Å². The summed E-state index contributed by atoms with van der Waals surface area (Å²) in [7, 11) is -0.896. The summed E-state index contributed by atoms with van der Waals surface area (Å²) in [6.45, 7) is 0.237. The van der Waals surface area contributed by atoms with Crippen LogP contribution in [0.4, 0.5) is 5.69 Å². The molecule has 0 unspecified atom stereocenters. The highest BCUT2D eigenvalue weighted by Crippen LogP contribution is 2.37. The summed E-state index contributed by atoms with van der Waals surface area (Å²) >= 11 is 5.96. The lowest BCUT2D eigenvalue weighted by atomic mass is 10.1. The van der Waals surface area contributed by atoms with E-state index in [4.69, 9.17) is 21.1 Å². The summed E-state index contributed by atoms with van der Waals surface area (Å²) in [5.41, 5.74) is 1.84. The molecular weight excluding hydrogens is 466 g/mol. The first-order chi connectivity index (χ1) is 15.7. The molecule has 0 spiro atoms. The lowest BCUT2D eigenvalue weighted by Crippen LogP contribution is -2.32. The van der Waals surface area contributed by atoms with Crippen molar-refractivity contribution in [3.05, 3.63) is 82.6 Å². The van der Waals surface area contributed by atoms with Gasteiger partial charge in [0, 0.05) is 30.0 Å². The van der Waals surface area contributed by atoms with Crippen molar-refractivity contribution in [1.29, 1.82) is 0 Å². The maximum Gasteiger partial charge on any atom is 0.253 e. The van der Waals surface area contributed by atoms with Gasteiger partial charge in [-0.25, -0.2) is 8.42 Å². The Labute approximate surface area is 198 Å². The average molecular weight is 490 g/mol. The lowest BCUT2D eigenvalue weighted by Gasteiger charge is -2.26. The third-order valence-electron chi connectivity index (χ3n) is 4.86. The number of anilines is 1. The van der Waals surface area contributed by atoms with Crippen LogP contribution in [0.15, 0.2) is 60.9 Å². The fraction of sp³-hybridized carbons (Fsp3) is 0.217. The van der Waals surface area contributed by atoms with Crippen molar-refractivity contribution in [1.82, 2.24) is 10.3 Å². The first-order valence-corrected chi connectivity index (χ1v) is 12.1. The van der Waals surface area contributed by atoms with Gasteiger partial charge >= 0.3 is 0 Å². The van der Waals surface area contributed by atoms with E-state index in [1.54, 1.807) is 48.8 Å².